The van der Waals surface area contributed by atoms with Gasteiger partial charge in [0.1, 0.15) is 0 Å². The van der Waals surface area contributed by atoms with Gasteiger partial charge in [-0.05, 0) is 34.9 Å². The van der Waals surface area contributed by atoms with Crippen molar-refractivity contribution < 1.29 is 4.79 Å². The normalized spacial score (nSPS) is 11.3. The molecule has 0 radical (unpaired) electrons. The van der Waals surface area contributed by atoms with Crippen LogP contribution in [0.15, 0.2) is 97.3 Å². The van der Waals surface area contributed by atoms with Crippen LogP contribution < -0.4 is 5.32 Å². The zero-order valence-electron chi connectivity index (χ0n) is 16.2. The Balaban J connectivity index is 1.55. The number of carbonyl (C=O) groups excluding carboxylic acids is 1. The van der Waals surface area contributed by atoms with Crippen LogP contribution in [0.25, 0.3) is 11.6 Å². The van der Waals surface area contributed by atoms with Crippen LogP contribution >= 0.6 is 11.6 Å². The fraction of sp³-hybridized carbons (Fsp3) is 0.0400. The molecule has 0 bridgehead atoms. The molecule has 0 atom stereocenters. The second-order valence-electron chi connectivity index (χ2n) is 6.85. The fourth-order valence-electron chi connectivity index (χ4n) is 3.15. The first-order chi connectivity index (χ1) is 14.7. The van der Waals surface area contributed by atoms with Gasteiger partial charge in [0.05, 0.1) is 18.4 Å². The molecule has 148 valence electrons. The number of carbonyl (C=O) groups is 1. The Kier molecular flexibility index (Phi) is 6.06. The van der Waals surface area contributed by atoms with E-state index in [0.717, 1.165) is 16.7 Å². The maximum Gasteiger partial charge on any atom is 0.256 e. The van der Waals surface area contributed by atoms with Gasteiger partial charge < -0.3 is 5.32 Å². The first kappa shape index (κ1) is 19.7. The van der Waals surface area contributed by atoms with E-state index in [1.165, 1.54) is 0 Å². The lowest BCUT2D eigenvalue weighted by molar-refractivity contribution is -0.111. The number of nitrogens with zero attached hydrogens (tertiary/aromatic N) is 2. The molecule has 4 aromatic rings. The molecule has 0 saturated heterocycles. The molecule has 1 heterocycles. The lowest BCUT2D eigenvalue weighted by Crippen LogP contribution is -2.13. The average molecular weight is 414 g/mol. The predicted molar refractivity (Wildman–Crippen MR) is 122 cm³/mol. The van der Waals surface area contributed by atoms with Gasteiger partial charge in [-0.1, -0.05) is 84.4 Å². The van der Waals surface area contributed by atoms with Crippen molar-refractivity contribution in [2.75, 3.05) is 5.32 Å². The molecule has 3 aromatic carbocycles. The van der Waals surface area contributed by atoms with Crippen LogP contribution in [0, 0.1) is 0 Å². The van der Waals surface area contributed by atoms with E-state index in [1.54, 1.807) is 10.9 Å². The molecule has 1 N–H and O–H groups in total. The number of halogens is 1. The Bertz CT molecular complexity index is 1170. The van der Waals surface area contributed by atoms with Gasteiger partial charge in [-0.15, -0.1) is 0 Å². The summed E-state index contributed by atoms with van der Waals surface area (Å²) in [6, 6.07) is 27.1. The molecule has 0 unspecified atom stereocenters. The molecule has 30 heavy (non-hydrogen) atoms. The van der Waals surface area contributed by atoms with E-state index in [-0.39, 0.29) is 5.91 Å². The monoisotopic (exact) mass is 413 g/mol. The van der Waals surface area contributed by atoms with Gasteiger partial charge in [-0.25, -0.2) is 0 Å². The van der Waals surface area contributed by atoms with Crippen molar-refractivity contribution in [2.45, 2.75) is 6.54 Å². The first-order valence-electron chi connectivity index (χ1n) is 9.58. The molecular weight excluding hydrogens is 394 g/mol. The van der Waals surface area contributed by atoms with Gasteiger partial charge in [-0.3, -0.25) is 9.48 Å². The summed E-state index contributed by atoms with van der Waals surface area (Å²) in [7, 11) is 0. The Morgan fingerprint density at radius 1 is 0.967 bits per heavy atom. The van der Waals surface area contributed by atoms with E-state index in [0.29, 0.717) is 22.8 Å². The van der Waals surface area contributed by atoms with Gasteiger partial charge in [-0.2, -0.15) is 5.10 Å². The highest BCUT2D eigenvalue weighted by molar-refractivity contribution is 6.30. The molecule has 0 saturated carbocycles. The summed E-state index contributed by atoms with van der Waals surface area (Å²) in [5.41, 5.74) is 4.08. The SMILES string of the molecule is O=C(Nc1cnn(Cc2cccc(Cl)c2)c1)/C(=C\c1ccccc1)c1ccccc1. The number of rotatable bonds is 6. The van der Waals surface area contributed by atoms with Crippen molar-refractivity contribution in [2.24, 2.45) is 0 Å². The number of amides is 1. The minimum Gasteiger partial charge on any atom is -0.319 e. The van der Waals surface area contributed by atoms with Crippen molar-refractivity contribution in [1.82, 2.24) is 9.78 Å². The summed E-state index contributed by atoms with van der Waals surface area (Å²) >= 11 is 6.05. The largest absolute Gasteiger partial charge is 0.319 e. The highest BCUT2D eigenvalue weighted by Crippen LogP contribution is 2.21. The van der Waals surface area contributed by atoms with Crippen molar-refractivity contribution in [3.63, 3.8) is 0 Å². The van der Waals surface area contributed by atoms with Crippen LogP contribution in [-0.2, 0) is 11.3 Å². The Hall–Kier alpha value is -3.63. The second kappa shape index (κ2) is 9.25. The standard InChI is InChI=1S/C25H20ClN3O/c26-22-13-7-10-20(14-22)17-29-18-23(16-27-29)28-25(30)24(21-11-5-2-6-12-21)15-19-8-3-1-4-9-19/h1-16,18H,17H2,(H,28,30)/b24-15-. The minimum absolute atomic E-state index is 0.188. The van der Waals surface area contributed by atoms with Crippen LogP contribution in [0.1, 0.15) is 16.7 Å². The Morgan fingerprint density at radius 2 is 1.70 bits per heavy atom. The van der Waals surface area contributed by atoms with Gasteiger partial charge in [0, 0.05) is 16.8 Å². The fourth-order valence-corrected chi connectivity index (χ4v) is 3.36. The molecule has 1 amide bonds. The Morgan fingerprint density at radius 3 is 2.43 bits per heavy atom. The van der Waals surface area contributed by atoms with E-state index in [1.807, 2.05) is 97.2 Å². The molecule has 4 rings (SSSR count). The first-order valence-corrected chi connectivity index (χ1v) is 9.95. The zero-order chi connectivity index (χ0) is 20.8. The van der Waals surface area contributed by atoms with Crippen molar-refractivity contribution in [3.05, 3.63) is 119 Å². The molecule has 0 spiro atoms. The third-order valence-corrected chi connectivity index (χ3v) is 4.80. The zero-order valence-corrected chi connectivity index (χ0v) is 17.0. The van der Waals surface area contributed by atoms with Crippen molar-refractivity contribution in [3.8, 4) is 0 Å². The lowest BCUT2D eigenvalue weighted by Gasteiger charge is -2.08. The molecular formula is C25H20ClN3O. The third kappa shape index (κ3) is 5.04. The van der Waals surface area contributed by atoms with E-state index in [4.69, 9.17) is 11.6 Å². The number of hydrogen-bond acceptors (Lipinski definition) is 2. The van der Waals surface area contributed by atoms with E-state index in [2.05, 4.69) is 10.4 Å². The van der Waals surface area contributed by atoms with Gasteiger partial charge >= 0.3 is 0 Å². The van der Waals surface area contributed by atoms with E-state index in [9.17, 15) is 4.79 Å². The molecule has 1 aromatic heterocycles. The lowest BCUT2D eigenvalue weighted by atomic mass is 10.0. The van der Waals surface area contributed by atoms with E-state index < -0.39 is 0 Å². The van der Waals surface area contributed by atoms with Crippen LogP contribution in [-0.4, -0.2) is 15.7 Å². The summed E-state index contributed by atoms with van der Waals surface area (Å²) in [6.45, 7) is 0.571. The topological polar surface area (TPSA) is 46.9 Å². The van der Waals surface area contributed by atoms with Gasteiger partial charge in [0.15, 0.2) is 0 Å². The number of hydrogen-bond donors (Lipinski definition) is 1. The maximum absolute atomic E-state index is 13.1. The highest BCUT2D eigenvalue weighted by atomic mass is 35.5. The van der Waals surface area contributed by atoms with Crippen LogP contribution in [0.4, 0.5) is 5.69 Å². The summed E-state index contributed by atoms with van der Waals surface area (Å²) in [6.07, 6.45) is 5.35. The van der Waals surface area contributed by atoms with Gasteiger partial charge in [0.2, 0.25) is 0 Å². The van der Waals surface area contributed by atoms with Crippen LogP contribution in [0.5, 0.6) is 0 Å². The summed E-state index contributed by atoms with van der Waals surface area (Å²) < 4.78 is 1.77. The summed E-state index contributed by atoms with van der Waals surface area (Å²) in [5, 5.41) is 8.00. The third-order valence-electron chi connectivity index (χ3n) is 4.56. The molecule has 4 nitrogen and oxygen atoms in total. The quantitative estimate of drug-likeness (QED) is 0.322. The van der Waals surface area contributed by atoms with Crippen molar-refractivity contribution in [1.29, 1.82) is 0 Å². The van der Waals surface area contributed by atoms with Gasteiger partial charge in [0.25, 0.3) is 5.91 Å². The van der Waals surface area contributed by atoms with Crippen molar-refractivity contribution >= 4 is 34.8 Å². The molecule has 0 aliphatic heterocycles. The molecule has 5 heteroatoms. The average Bonchev–Trinajstić information content (AvgIpc) is 3.20. The number of benzene rings is 3. The molecule has 0 aliphatic carbocycles. The summed E-state index contributed by atoms with van der Waals surface area (Å²) in [5.74, 6) is -0.188. The number of nitrogens with one attached hydrogen (secondary N) is 1. The van der Waals surface area contributed by atoms with Crippen LogP contribution in [0.3, 0.4) is 0 Å². The molecule has 0 fully saturated rings. The summed E-state index contributed by atoms with van der Waals surface area (Å²) in [4.78, 5) is 13.1. The van der Waals surface area contributed by atoms with E-state index >= 15 is 0 Å². The smallest absolute Gasteiger partial charge is 0.256 e. The molecule has 0 aliphatic rings. The predicted octanol–water partition coefficient (Wildman–Crippen LogP) is 5.76. The number of aromatic nitrogens is 2. The number of anilines is 1. The second-order valence-corrected chi connectivity index (χ2v) is 7.28. The van der Waals surface area contributed by atoms with Crippen LogP contribution in [0.2, 0.25) is 5.02 Å². The highest BCUT2D eigenvalue weighted by Gasteiger charge is 2.13. The minimum atomic E-state index is -0.188. The Labute approximate surface area is 180 Å². The maximum atomic E-state index is 13.1.